The van der Waals surface area contributed by atoms with E-state index < -0.39 is 0 Å². The fourth-order valence-corrected chi connectivity index (χ4v) is 1.82. The molecule has 0 fully saturated rings. The molecule has 1 unspecified atom stereocenters. The van der Waals surface area contributed by atoms with Gasteiger partial charge in [-0.15, -0.1) is 0 Å². The SMILES string of the molecule is COc1cc2c(cc1O)C(C)OCC2. The van der Waals surface area contributed by atoms with Gasteiger partial charge in [0.1, 0.15) is 0 Å². The lowest BCUT2D eigenvalue weighted by Crippen LogP contribution is -2.13. The first-order valence-corrected chi connectivity index (χ1v) is 4.73. The summed E-state index contributed by atoms with van der Waals surface area (Å²) in [6.45, 7) is 2.73. The van der Waals surface area contributed by atoms with Crippen LogP contribution in [0.1, 0.15) is 24.2 Å². The molecule has 1 aliphatic rings. The summed E-state index contributed by atoms with van der Waals surface area (Å²) in [5, 5.41) is 9.60. The van der Waals surface area contributed by atoms with Crippen LogP contribution in [-0.4, -0.2) is 18.8 Å². The fourth-order valence-electron chi connectivity index (χ4n) is 1.82. The van der Waals surface area contributed by atoms with Crippen molar-refractivity contribution in [1.29, 1.82) is 0 Å². The van der Waals surface area contributed by atoms with Gasteiger partial charge in [-0.2, -0.15) is 0 Å². The molecule has 1 aliphatic heterocycles. The van der Waals surface area contributed by atoms with Gasteiger partial charge in [-0.1, -0.05) is 0 Å². The minimum Gasteiger partial charge on any atom is -0.504 e. The van der Waals surface area contributed by atoms with Gasteiger partial charge in [-0.3, -0.25) is 0 Å². The van der Waals surface area contributed by atoms with Gasteiger partial charge in [0, 0.05) is 0 Å². The molecule has 1 aromatic carbocycles. The molecule has 0 aliphatic carbocycles. The molecule has 0 spiro atoms. The highest BCUT2D eigenvalue weighted by atomic mass is 16.5. The number of ether oxygens (including phenoxy) is 2. The zero-order valence-electron chi connectivity index (χ0n) is 8.41. The van der Waals surface area contributed by atoms with Gasteiger partial charge in [-0.25, -0.2) is 0 Å². The van der Waals surface area contributed by atoms with Crippen LogP contribution in [-0.2, 0) is 11.2 Å². The molecular weight excluding hydrogens is 180 g/mol. The van der Waals surface area contributed by atoms with Crippen molar-refractivity contribution in [2.24, 2.45) is 0 Å². The lowest BCUT2D eigenvalue weighted by atomic mass is 9.97. The molecule has 0 aromatic heterocycles. The van der Waals surface area contributed by atoms with Crippen molar-refractivity contribution in [3.8, 4) is 11.5 Å². The van der Waals surface area contributed by atoms with E-state index in [0.29, 0.717) is 5.75 Å². The summed E-state index contributed by atoms with van der Waals surface area (Å²) in [6, 6.07) is 3.63. The molecule has 0 radical (unpaired) electrons. The normalized spacial score (nSPS) is 20.3. The highest BCUT2D eigenvalue weighted by Crippen LogP contribution is 2.35. The van der Waals surface area contributed by atoms with E-state index in [4.69, 9.17) is 9.47 Å². The third kappa shape index (κ3) is 1.44. The number of phenolic OH excluding ortho intramolecular Hbond substituents is 1. The second-order valence-corrected chi connectivity index (χ2v) is 3.49. The summed E-state index contributed by atoms with van der Waals surface area (Å²) in [5.41, 5.74) is 2.27. The highest BCUT2D eigenvalue weighted by Gasteiger charge is 2.19. The molecule has 1 aromatic rings. The van der Waals surface area contributed by atoms with Crippen molar-refractivity contribution in [3.63, 3.8) is 0 Å². The second kappa shape index (κ2) is 3.50. The number of phenols is 1. The average Bonchev–Trinajstić information content (AvgIpc) is 2.19. The first-order chi connectivity index (χ1) is 6.72. The first kappa shape index (κ1) is 9.34. The molecule has 3 heteroatoms. The van der Waals surface area contributed by atoms with Crippen LogP contribution in [0, 0.1) is 0 Å². The van der Waals surface area contributed by atoms with Gasteiger partial charge in [0.05, 0.1) is 19.8 Å². The van der Waals surface area contributed by atoms with E-state index in [9.17, 15) is 5.11 Å². The number of hydrogen-bond acceptors (Lipinski definition) is 3. The minimum atomic E-state index is 0.0653. The van der Waals surface area contributed by atoms with E-state index in [1.165, 1.54) is 5.56 Å². The summed E-state index contributed by atoms with van der Waals surface area (Å²) >= 11 is 0. The Kier molecular flexibility index (Phi) is 2.33. The number of rotatable bonds is 1. The molecule has 14 heavy (non-hydrogen) atoms. The van der Waals surface area contributed by atoms with Crippen molar-refractivity contribution in [3.05, 3.63) is 23.3 Å². The Hall–Kier alpha value is -1.22. The van der Waals surface area contributed by atoms with E-state index in [0.717, 1.165) is 18.6 Å². The lowest BCUT2D eigenvalue weighted by molar-refractivity contribution is 0.0552. The van der Waals surface area contributed by atoms with Crippen LogP contribution in [0.15, 0.2) is 12.1 Å². The van der Waals surface area contributed by atoms with Gasteiger partial charge >= 0.3 is 0 Å². The average molecular weight is 194 g/mol. The predicted molar refractivity (Wildman–Crippen MR) is 52.7 cm³/mol. The van der Waals surface area contributed by atoms with Crippen molar-refractivity contribution in [2.75, 3.05) is 13.7 Å². The standard InChI is InChI=1S/C11H14O3/c1-7-9-6-10(12)11(13-2)5-8(9)3-4-14-7/h5-7,12H,3-4H2,1-2H3. The van der Waals surface area contributed by atoms with Crippen molar-refractivity contribution >= 4 is 0 Å². The number of benzene rings is 1. The van der Waals surface area contributed by atoms with E-state index in [1.54, 1.807) is 13.2 Å². The summed E-state index contributed by atoms with van der Waals surface area (Å²) in [5.74, 6) is 0.724. The third-order valence-corrected chi connectivity index (χ3v) is 2.62. The summed E-state index contributed by atoms with van der Waals surface area (Å²) in [7, 11) is 1.56. The largest absolute Gasteiger partial charge is 0.504 e. The predicted octanol–water partition coefficient (Wildman–Crippen LogP) is 2.03. The quantitative estimate of drug-likeness (QED) is 0.743. The molecule has 0 saturated carbocycles. The Labute approximate surface area is 83.3 Å². The molecule has 0 amide bonds. The monoisotopic (exact) mass is 194 g/mol. The zero-order chi connectivity index (χ0) is 10.1. The summed E-state index contributed by atoms with van der Waals surface area (Å²) in [6.07, 6.45) is 0.951. The lowest BCUT2D eigenvalue weighted by Gasteiger charge is -2.23. The third-order valence-electron chi connectivity index (χ3n) is 2.62. The van der Waals surface area contributed by atoms with E-state index in [2.05, 4.69) is 0 Å². The number of hydrogen-bond donors (Lipinski definition) is 1. The van der Waals surface area contributed by atoms with Crippen LogP contribution in [0.2, 0.25) is 0 Å². The van der Waals surface area contributed by atoms with Crippen molar-refractivity contribution in [2.45, 2.75) is 19.4 Å². The summed E-state index contributed by atoms with van der Waals surface area (Å²) in [4.78, 5) is 0. The topological polar surface area (TPSA) is 38.7 Å². The Balaban J connectivity index is 2.48. The maximum absolute atomic E-state index is 9.60. The Morgan fingerprint density at radius 1 is 1.50 bits per heavy atom. The van der Waals surface area contributed by atoms with E-state index >= 15 is 0 Å². The molecule has 76 valence electrons. The fraction of sp³-hybridized carbons (Fsp3) is 0.455. The van der Waals surface area contributed by atoms with E-state index in [1.807, 2.05) is 13.0 Å². The zero-order valence-corrected chi connectivity index (χ0v) is 8.41. The van der Waals surface area contributed by atoms with Gasteiger partial charge in [0.2, 0.25) is 0 Å². The maximum Gasteiger partial charge on any atom is 0.160 e. The Bertz CT molecular complexity index is 347. The molecule has 1 atom stereocenters. The van der Waals surface area contributed by atoms with Crippen LogP contribution in [0.5, 0.6) is 11.5 Å². The van der Waals surface area contributed by atoms with Crippen LogP contribution in [0.25, 0.3) is 0 Å². The van der Waals surface area contributed by atoms with Gasteiger partial charge in [-0.05, 0) is 36.6 Å². The number of fused-ring (bicyclic) bond motifs is 1. The van der Waals surface area contributed by atoms with E-state index in [-0.39, 0.29) is 11.9 Å². The number of methoxy groups -OCH3 is 1. The molecule has 2 rings (SSSR count). The van der Waals surface area contributed by atoms with Crippen LogP contribution in [0.4, 0.5) is 0 Å². The van der Waals surface area contributed by atoms with Crippen molar-refractivity contribution in [1.82, 2.24) is 0 Å². The maximum atomic E-state index is 9.60. The highest BCUT2D eigenvalue weighted by molar-refractivity contribution is 5.47. The molecule has 3 nitrogen and oxygen atoms in total. The minimum absolute atomic E-state index is 0.0653. The van der Waals surface area contributed by atoms with Crippen LogP contribution in [0.3, 0.4) is 0 Å². The molecule has 0 bridgehead atoms. The Morgan fingerprint density at radius 3 is 3.00 bits per heavy atom. The summed E-state index contributed by atoms with van der Waals surface area (Å²) < 4.78 is 10.5. The molecule has 1 heterocycles. The van der Waals surface area contributed by atoms with Crippen molar-refractivity contribution < 1.29 is 14.6 Å². The molecular formula is C11H14O3. The number of aromatic hydroxyl groups is 1. The van der Waals surface area contributed by atoms with Crippen LogP contribution >= 0.6 is 0 Å². The first-order valence-electron chi connectivity index (χ1n) is 4.73. The smallest absolute Gasteiger partial charge is 0.160 e. The van der Waals surface area contributed by atoms with Gasteiger partial charge in [0.25, 0.3) is 0 Å². The Morgan fingerprint density at radius 2 is 2.29 bits per heavy atom. The van der Waals surface area contributed by atoms with Gasteiger partial charge in [0.15, 0.2) is 11.5 Å². The van der Waals surface area contributed by atoms with Gasteiger partial charge < -0.3 is 14.6 Å². The van der Waals surface area contributed by atoms with Crippen LogP contribution < -0.4 is 4.74 Å². The molecule has 1 N–H and O–H groups in total. The molecule has 0 saturated heterocycles. The second-order valence-electron chi connectivity index (χ2n) is 3.49.